The molecule has 0 N–H and O–H groups in total. The Bertz CT molecular complexity index is 839. The Hall–Kier alpha value is -1.60. The van der Waals surface area contributed by atoms with E-state index in [1.165, 1.54) is 36.1 Å². The van der Waals surface area contributed by atoms with Gasteiger partial charge in [-0.05, 0) is 72.7 Å². The zero-order valence-electron chi connectivity index (χ0n) is 15.1. The Labute approximate surface area is 160 Å². The van der Waals surface area contributed by atoms with Gasteiger partial charge in [0, 0.05) is 11.2 Å². The summed E-state index contributed by atoms with van der Waals surface area (Å²) in [5.41, 5.74) is 0.602. The molecule has 1 saturated heterocycles. The Morgan fingerprint density at radius 3 is 2.70 bits per heavy atom. The first-order valence-electron chi connectivity index (χ1n) is 9.25. The predicted octanol–water partition coefficient (Wildman–Crippen LogP) is 4.91. The summed E-state index contributed by atoms with van der Waals surface area (Å²) in [5.74, 6) is 0.772. The molecule has 0 bridgehead atoms. The van der Waals surface area contributed by atoms with Crippen LogP contribution in [0, 0.1) is 11.8 Å². The molecule has 1 saturated carbocycles. The number of esters is 1. The summed E-state index contributed by atoms with van der Waals surface area (Å²) in [4.78, 5) is 13.9. The SMILES string of the molecule is COC(=O)[C@@H]1C[C@H]1CN1CCC(c2csc3cc(C(F)(F)F)ccc23)CC1. The number of carbonyl (C=O) groups excluding carboxylic acids is 1. The predicted molar refractivity (Wildman–Crippen MR) is 98.9 cm³/mol. The number of alkyl halides is 3. The fraction of sp³-hybridized carbons (Fsp3) is 0.550. The van der Waals surface area contributed by atoms with Crippen molar-refractivity contribution in [2.24, 2.45) is 11.8 Å². The molecule has 27 heavy (non-hydrogen) atoms. The minimum absolute atomic E-state index is 0.0661. The quantitative estimate of drug-likeness (QED) is 0.687. The fourth-order valence-electron chi connectivity index (χ4n) is 4.19. The van der Waals surface area contributed by atoms with E-state index in [0.29, 0.717) is 16.5 Å². The Kier molecular flexibility index (Phi) is 4.93. The van der Waals surface area contributed by atoms with Gasteiger partial charge in [-0.3, -0.25) is 4.79 Å². The smallest absolute Gasteiger partial charge is 0.416 e. The van der Waals surface area contributed by atoms with Crippen LogP contribution in [0.3, 0.4) is 0 Å². The lowest BCUT2D eigenvalue weighted by Gasteiger charge is -2.32. The van der Waals surface area contributed by atoms with E-state index in [9.17, 15) is 18.0 Å². The Balaban J connectivity index is 1.38. The van der Waals surface area contributed by atoms with Crippen molar-refractivity contribution < 1.29 is 22.7 Å². The number of methoxy groups -OCH3 is 1. The van der Waals surface area contributed by atoms with E-state index >= 15 is 0 Å². The number of likely N-dealkylation sites (tertiary alicyclic amines) is 1. The molecule has 1 aromatic carbocycles. The van der Waals surface area contributed by atoms with Crippen LogP contribution in [0.15, 0.2) is 23.6 Å². The summed E-state index contributed by atoms with van der Waals surface area (Å²) in [7, 11) is 1.44. The van der Waals surface area contributed by atoms with Crippen molar-refractivity contribution in [2.75, 3.05) is 26.7 Å². The second-order valence-corrected chi connectivity index (χ2v) is 8.51. The fourth-order valence-corrected chi connectivity index (χ4v) is 5.27. The molecule has 1 aromatic heterocycles. The third-order valence-corrected chi connectivity index (χ3v) is 6.84. The largest absolute Gasteiger partial charge is 0.469 e. The van der Waals surface area contributed by atoms with E-state index < -0.39 is 11.7 Å². The maximum atomic E-state index is 12.9. The summed E-state index contributed by atoms with van der Waals surface area (Å²) >= 11 is 1.40. The summed E-state index contributed by atoms with van der Waals surface area (Å²) in [6.45, 7) is 2.87. The number of carbonyl (C=O) groups is 1. The van der Waals surface area contributed by atoms with Gasteiger partial charge in [-0.2, -0.15) is 13.2 Å². The molecular weight excluding hydrogens is 375 g/mol. The number of thiophene rings is 1. The van der Waals surface area contributed by atoms with Crippen molar-refractivity contribution in [1.82, 2.24) is 4.90 Å². The van der Waals surface area contributed by atoms with Crippen LogP contribution in [0.2, 0.25) is 0 Å². The van der Waals surface area contributed by atoms with Gasteiger partial charge in [0.05, 0.1) is 18.6 Å². The van der Waals surface area contributed by atoms with Crippen molar-refractivity contribution in [3.05, 3.63) is 34.7 Å². The van der Waals surface area contributed by atoms with E-state index in [2.05, 4.69) is 4.90 Å². The number of hydrogen-bond donors (Lipinski definition) is 0. The van der Waals surface area contributed by atoms with Crippen molar-refractivity contribution in [3.63, 3.8) is 0 Å². The van der Waals surface area contributed by atoms with E-state index in [4.69, 9.17) is 4.74 Å². The average Bonchev–Trinajstić information content (AvgIpc) is 3.28. The minimum atomic E-state index is -4.30. The molecule has 3 nitrogen and oxygen atoms in total. The van der Waals surface area contributed by atoms with Gasteiger partial charge in [0.2, 0.25) is 0 Å². The van der Waals surface area contributed by atoms with Crippen LogP contribution in [0.1, 0.15) is 36.3 Å². The number of rotatable bonds is 4. The van der Waals surface area contributed by atoms with Crippen molar-refractivity contribution >= 4 is 27.4 Å². The lowest BCUT2D eigenvalue weighted by atomic mass is 9.89. The molecule has 146 valence electrons. The van der Waals surface area contributed by atoms with Gasteiger partial charge in [0.25, 0.3) is 0 Å². The van der Waals surface area contributed by atoms with Crippen molar-refractivity contribution in [1.29, 1.82) is 0 Å². The van der Waals surface area contributed by atoms with Gasteiger partial charge < -0.3 is 9.64 Å². The first-order chi connectivity index (χ1) is 12.9. The van der Waals surface area contributed by atoms with E-state index in [-0.39, 0.29) is 11.9 Å². The highest BCUT2D eigenvalue weighted by Gasteiger charge is 2.44. The maximum Gasteiger partial charge on any atom is 0.416 e. The number of benzene rings is 1. The zero-order valence-corrected chi connectivity index (χ0v) is 15.9. The van der Waals surface area contributed by atoms with Crippen molar-refractivity contribution in [3.8, 4) is 0 Å². The molecular formula is C20H22F3NO2S. The summed E-state index contributed by atoms with van der Waals surface area (Å²) in [5, 5.41) is 2.98. The molecule has 7 heteroatoms. The molecule has 2 aliphatic rings. The van der Waals surface area contributed by atoms with E-state index in [0.717, 1.165) is 44.3 Å². The highest BCUT2D eigenvalue weighted by atomic mass is 32.1. The van der Waals surface area contributed by atoms with Crippen LogP contribution >= 0.6 is 11.3 Å². The van der Waals surface area contributed by atoms with Gasteiger partial charge in [-0.25, -0.2) is 0 Å². The van der Waals surface area contributed by atoms with Gasteiger partial charge in [-0.15, -0.1) is 11.3 Å². The van der Waals surface area contributed by atoms with Gasteiger partial charge in [0.1, 0.15) is 0 Å². The van der Waals surface area contributed by atoms with Gasteiger partial charge in [-0.1, -0.05) is 6.07 Å². The van der Waals surface area contributed by atoms with E-state index in [1.54, 1.807) is 6.07 Å². The molecule has 2 atom stereocenters. The highest BCUT2D eigenvalue weighted by Crippen LogP contribution is 2.42. The molecule has 2 fully saturated rings. The number of hydrogen-bond acceptors (Lipinski definition) is 4. The van der Waals surface area contributed by atoms with Gasteiger partial charge >= 0.3 is 12.1 Å². The summed E-state index contributed by atoms with van der Waals surface area (Å²) in [6.07, 6.45) is -1.37. The summed E-state index contributed by atoms with van der Waals surface area (Å²) in [6, 6.07) is 4.08. The third kappa shape index (κ3) is 3.85. The third-order valence-electron chi connectivity index (χ3n) is 5.88. The lowest BCUT2D eigenvalue weighted by molar-refractivity contribution is -0.142. The van der Waals surface area contributed by atoms with Crippen LogP contribution in [-0.4, -0.2) is 37.6 Å². The van der Waals surface area contributed by atoms with Crippen LogP contribution in [-0.2, 0) is 15.7 Å². The molecule has 2 aromatic rings. The molecule has 0 amide bonds. The zero-order chi connectivity index (χ0) is 19.2. The minimum Gasteiger partial charge on any atom is -0.469 e. The van der Waals surface area contributed by atoms with Crippen molar-refractivity contribution in [2.45, 2.75) is 31.4 Å². The Morgan fingerprint density at radius 2 is 2.04 bits per heavy atom. The van der Waals surface area contributed by atoms with Crippen LogP contribution in [0.25, 0.3) is 10.1 Å². The normalized spacial score (nSPS) is 24.3. The van der Waals surface area contributed by atoms with Gasteiger partial charge in [0.15, 0.2) is 0 Å². The lowest BCUT2D eigenvalue weighted by Crippen LogP contribution is -2.34. The molecule has 1 aliphatic carbocycles. The standard InChI is InChI=1S/C20H22F3NO2S/c1-26-19(25)16-8-13(16)10-24-6-4-12(5-7-24)17-11-27-18-9-14(20(21,22)23)2-3-15(17)18/h2-3,9,11-13,16H,4-8,10H2,1H3/t13-,16+/m0/s1. The molecule has 1 aliphatic heterocycles. The van der Waals surface area contributed by atoms with Crippen LogP contribution < -0.4 is 0 Å². The molecule has 0 radical (unpaired) electrons. The highest BCUT2D eigenvalue weighted by molar-refractivity contribution is 7.17. The first-order valence-corrected chi connectivity index (χ1v) is 10.1. The topological polar surface area (TPSA) is 29.5 Å². The number of piperidine rings is 1. The van der Waals surface area contributed by atoms with Crippen LogP contribution in [0.5, 0.6) is 0 Å². The number of nitrogens with zero attached hydrogens (tertiary/aromatic N) is 1. The summed E-state index contributed by atoms with van der Waals surface area (Å²) < 4.78 is 44.2. The molecule has 0 spiro atoms. The number of halogens is 3. The molecule has 2 heterocycles. The number of fused-ring (bicyclic) bond motifs is 1. The first kappa shape index (κ1) is 18.7. The maximum absolute atomic E-state index is 12.9. The average molecular weight is 397 g/mol. The second-order valence-electron chi connectivity index (χ2n) is 7.60. The van der Waals surface area contributed by atoms with E-state index in [1.807, 2.05) is 5.38 Å². The Morgan fingerprint density at radius 1 is 1.30 bits per heavy atom. The second kappa shape index (κ2) is 7.09. The molecule has 0 unspecified atom stereocenters. The van der Waals surface area contributed by atoms with Crippen LogP contribution in [0.4, 0.5) is 13.2 Å². The number of ether oxygens (including phenoxy) is 1. The molecule has 4 rings (SSSR count). The monoisotopic (exact) mass is 397 g/mol.